The van der Waals surface area contributed by atoms with Gasteiger partial charge in [0.15, 0.2) is 0 Å². The highest BCUT2D eigenvalue weighted by Gasteiger charge is 2.45. The highest BCUT2D eigenvalue weighted by atomic mass is 79.9. The molecule has 124 valence electrons. The van der Waals surface area contributed by atoms with Crippen molar-refractivity contribution in [3.8, 4) is 5.75 Å². The van der Waals surface area contributed by atoms with E-state index in [2.05, 4.69) is 21.2 Å². The first kappa shape index (κ1) is 17.3. The highest BCUT2D eigenvalue weighted by Crippen LogP contribution is 2.18. The normalized spacial score (nSPS) is 16.2. The van der Waals surface area contributed by atoms with Crippen LogP contribution in [0.25, 0.3) is 0 Å². The molecule has 0 aromatic heterocycles. The van der Waals surface area contributed by atoms with Crippen molar-refractivity contribution in [2.24, 2.45) is 0 Å². The molecule has 7 nitrogen and oxygen atoms in total. The zero-order valence-electron chi connectivity index (χ0n) is 12.8. The lowest BCUT2D eigenvalue weighted by Crippen LogP contribution is -2.41. The summed E-state index contributed by atoms with van der Waals surface area (Å²) < 4.78 is 11.3. The van der Waals surface area contributed by atoms with Crippen molar-refractivity contribution < 1.29 is 23.9 Å². The number of rotatable bonds is 6. The Morgan fingerprint density at radius 1 is 1.30 bits per heavy atom. The van der Waals surface area contributed by atoms with E-state index in [4.69, 9.17) is 9.47 Å². The maximum Gasteiger partial charge on any atom is 0.326 e. The van der Waals surface area contributed by atoms with Crippen LogP contribution < -0.4 is 10.1 Å². The van der Waals surface area contributed by atoms with Crippen LogP contribution in [0.2, 0.25) is 0 Å². The van der Waals surface area contributed by atoms with Gasteiger partial charge in [0.2, 0.25) is 0 Å². The summed E-state index contributed by atoms with van der Waals surface area (Å²) in [5, 5.41) is 2.49. The molecule has 3 amide bonds. The van der Waals surface area contributed by atoms with Crippen molar-refractivity contribution in [3.63, 3.8) is 0 Å². The molecule has 0 unspecified atom stereocenters. The number of carbonyl (C=O) groups is 3. The van der Waals surface area contributed by atoms with E-state index in [-0.39, 0.29) is 13.2 Å². The van der Waals surface area contributed by atoms with Crippen molar-refractivity contribution in [3.05, 3.63) is 28.7 Å². The summed E-state index contributed by atoms with van der Waals surface area (Å²) >= 11 is 3.32. The average molecular weight is 385 g/mol. The first-order chi connectivity index (χ1) is 10.8. The Balaban J connectivity index is 1.73. The quantitative estimate of drug-likeness (QED) is 0.458. The summed E-state index contributed by atoms with van der Waals surface area (Å²) in [5.74, 6) is -0.472. The van der Waals surface area contributed by atoms with Gasteiger partial charge in [-0.25, -0.2) is 4.79 Å². The number of amides is 3. The molecular formula is C15H17BrN2O5. The summed E-state index contributed by atoms with van der Waals surface area (Å²) in [6.45, 7) is 2.94. The van der Waals surface area contributed by atoms with Crippen LogP contribution in [0.3, 0.4) is 0 Å². The fourth-order valence-corrected chi connectivity index (χ4v) is 2.39. The Bertz CT molecular complexity index is 632. The molecule has 2 rings (SSSR count). The maximum atomic E-state index is 11.9. The molecule has 0 bridgehead atoms. The predicted molar refractivity (Wildman–Crippen MR) is 84.9 cm³/mol. The first-order valence-corrected chi connectivity index (χ1v) is 7.77. The van der Waals surface area contributed by atoms with Crippen LogP contribution in [-0.2, 0) is 14.3 Å². The topological polar surface area (TPSA) is 84.9 Å². The van der Waals surface area contributed by atoms with Crippen LogP contribution in [0.1, 0.15) is 13.8 Å². The van der Waals surface area contributed by atoms with Gasteiger partial charge < -0.3 is 14.8 Å². The van der Waals surface area contributed by atoms with E-state index in [0.717, 1.165) is 9.37 Å². The second-order valence-corrected chi connectivity index (χ2v) is 6.39. The molecule has 8 heteroatoms. The molecule has 0 aliphatic carbocycles. The van der Waals surface area contributed by atoms with Crippen molar-refractivity contribution in [1.29, 1.82) is 0 Å². The Labute approximate surface area is 142 Å². The van der Waals surface area contributed by atoms with Gasteiger partial charge in [0.25, 0.3) is 5.91 Å². The number of nitrogens with zero attached hydrogens (tertiary/aromatic N) is 1. The molecule has 0 saturated carbocycles. The van der Waals surface area contributed by atoms with E-state index >= 15 is 0 Å². The summed E-state index contributed by atoms with van der Waals surface area (Å²) in [6, 6.07) is 6.67. The van der Waals surface area contributed by atoms with Gasteiger partial charge in [-0.15, -0.1) is 0 Å². The van der Waals surface area contributed by atoms with Gasteiger partial charge in [-0.05, 0) is 32.0 Å². The summed E-state index contributed by atoms with van der Waals surface area (Å²) in [4.78, 5) is 36.1. The van der Waals surface area contributed by atoms with Gasteiger partial charge in [0, 0.05) is 4.47 Å². The SMILES string of the molecule is CC1(C)NC(=O)N(CC(=O)OCCOc2cccc(Br)c2)C1=O. The molecule has 1 aromatic rings. The molecule has 0 atom stereocenters. The fourth-order valence-electron chi connectivity index (χ4n) is 2.01. The van der Waals surface area contributed by atoms with Crippen LogP contribution in [0.4, 0.5) is 4.79 Å². The monoisotopic (exact) mass is 384 g/mol. The number of hydrogen-bond acceptors (Lipinski definition) is 5. The van der Waals surface area contributed by atoms with Crippen LogP contribution in [0, 0.1) is 0 Å². The Kier molecular flexibility index (Phi) is 5.25. The molecule has 1 aromatic carbocycles. The largest absolute Gasteiger partial charge is 0.490 e. The van der Waals surface area contributed by atoms with Gasteiger partial charge in [0.05, 0.1) is 0 Å². The summed E-state index contributed by atoms with van der Waals surface area (Å²) in [5.41, 5.74) is -0.999. The Morgan fingerprint density at radius 3 is 2.65 bits per heavy atom. The van der Waals surface area contributed by atoms with Gasteiger partial charge in [-0.1, -0.05) is 22.0 Å². The first-order valence-electron chi connectivity index (χ1n) is 6.98. The van der Waals surface area contributed by atoms with Crippen molar-refractivity contribution in [2.45, 2.75) is 19.4 Å². The third-order valence-corrected chi connectivity index (χ3v) is 3.64. The Hall–Kier alpha value is -2.09. The lowest BCUT2D eigenvalue weighted by Gasteiger charge is -2.15. The number of ether oxygens (including phenoxy) is 2. The number of imide groups is 1. The summed E-state index contributed by atoms with van der Waals surface area (Å²) in [7, 11) is 0. The van der Waals surface area contributed by atoms with E-state index in [0.29, 0.717) is 5.75 Å². The third kappa shape index (κ3) is 4.44. The summed E-state index contributed by atoms with van der Waals surface area (Å²) in [6.07, 6.45) is 0. The van der Waals surface area contributed by atoms with Crippen LogP contribution in [-0.4, -0.2) is 48.1 Å². The standard InChI is InChI=1S/C15H17BrN2O5/c1-15(2)13(20)18(14(21)17-15)9-12(19)23-7-6-22-11-5-3-4-10(16)8-11/h3-5,8H,6-7,9H2,1-2H3,(H,17,21). The van der Waals surface area contributed by atoms with Crippen molar-refractivity contribution in [2.75, 3.05) is 19.8 Å². The molecule has 0 radical (unpaired) electrons. The lowest BCUT2D eigenvalue weighted by atomic mass is 10.1. The highest BCUT2D eigenvalue weighted by molar-refractivity contribution is 9.10. The lowest BCUT2D eigenvalue weighted by molar-refractivity contribution is -0.148. The number of halogens is 1. The minimum Gasteiger partial charge on any atom is -0.490 e. The van der Waals surface area contributed by atoms with Gasteiger partial charge in [-0.3, -0.25) is 14.5 Å². The molecule has 23 heavy (non-hydrogen) atoms. The molecule has 1 fully saturated rings. The third-order valence-electron chi connectivity index (χ3n) is 3.14. The smallest absolute Gasteiger partial charge is 0.326 e. The van der Waals surface area contributed by atoms with Crippen molar-refractivity contribution in [1.82, 2.24) is 10.2 Å². The Morgan fingerprint density at radius 2 is 2.04 bits per heavy atom. The second-order valence-electron chi connectivity index (χ2n) is 5.47. The molecular weight excluding hydrogens is 368 g/mol. The van der Waals surface area contributed by atoms with E-state index in [1.165, 1.54) is 0 Å². The zero-order chi connectivity index (χ0) is 17.0. The molecule has 1 N–H and O–H groups in total. The zero-order valence-corrected chi connectivity index (χ0v) is 14.4. The molecule has 1 aliphatic heterocycles. The van der Waals surface area contributed by atoms with Crippen LogP contribution >= 0.6 is 15.9 Å². The molecule has 0 spiro atoms. The number of benzene rings is 1. The van der Waals surface area contributed by atoms with E-state index < -0.39 is 30.0 Å². The number of carbonyl (C=O) groups excluding carboxylic acids is 3. The molecule has 1 heterocycles. The van der Waals surface area contributed by atoms with Crippen LogP contribution in [0.5, 0.6) is 5.75 Å². The molecule has 1 aliphatic rings. The number of urea groups is 1. The molecule has 1 saturated heterocycles. The maximum absolute atomic E-state index is 11.9. The van der Waals surface area contributed by atoms with Crippen molar-refractivity contribution >= 4 is 33.8 Å². The van der Waals surface area contributed by atoms with Gasteiger partial charge in [-0.2, -0.15) is 0 Å². The minimum atomic E-state index is -0.999. The van der Waals surface area contributed by atoms with E-state index in [1.807, 2.05) is 12.1 Å². The van der Waals surface area contributed by atoms with Crippen LogP contribution in [0.15, 0.2) is 28.7 Å². The van der Waals surface area contributed by atoms with E-state index in [9.17, 15) is 14.4 Å². The minimum absolute atomic E-state index is 0.0262. The van der Waals surface area contributed by atoms with Gasteiger partial charge >= 0.3 is 12.0 Å². The average Bonchev–Trinajstić information content (AvgIpc) is 2.66. The number of hydrogen-bond donors (Lipinski definition) is 1. The number of nitrogens with one attached hydrogen (secondary N) is 1. The van der Waals surface area contributed by atoms with E-state index in [1.54, 1.807) is 26.0 Å². The fraction of sp³-hybridized carbons (Fsp3) is 0.400. The second kappa shape index (κ2) is 6.99. The predicted octanol–water partition coefficient (Wildman–Crippen LogP) is 1.70. The van der Waals surface area contributed by atoms with Gasteiger partial charge in [0.1, 0.15) is 31.0 Å². The number of esters is 1.